The summed E-state index contributed by atoms with van der Waals surface area (Å²) in [6.45, 7) is 4.89. The molecule has 1 heterocycles. The summed E-state index contributed by atoms with van der Waals surface area (Å²) in [6.07, 6.45) is 2.59. The standard InChI is InChI=1S/C25H37N3O6/c1-16-12-28(23(29)15-32-4)17(2)14-34-21-10-9-19(26-24(30)18-7-6-8-18)11-20(21)25(31)27(3)13-22(16)33-5/h9-11,16-18,22H,6-8,12-15H2,1-5H3,(H,26,30)/t16-,17+,22-/m1/s1. The number of hydrogen-bond donors (Lipinski definition) is 1. The predicted octanol–water partition coefficient (Wildman–Crippen LogP) is 2.40. The molecule has 188 valence electrons. The maximum Gasteiger partial charge on any atom is 0.257 e. The van der Waals surface area contributed by atoms with Crippen molar-refractivity contribution >= 4 is 23.4 Å². The first-order valence-corrected chi connectivity index (χ1v) is 11.9. The van der Waals surface area contributed by atoms with E-state index >= 15 is 0 Å². The van der Waals surface area contributed by atoms with E-state index in [4.69, 9.17) is 14.2 Å². The van der Waals surface area contributed by atoms with Gasteiger partial charge in [0.15, 0.2) is 0 Å². The van der Waals surface area contributed by atoms with Crippen LogP contribution in [-0.2, 0) is 19.1 Å². The van der Waals surface area contributed by atoms with E-state index < -0.39 is 0 Å². The Hall–Kier alpha value is -2.65. The minimum atomic E-state index is -0.274. The molecule has 1 aromatic carbocycles. The Labute approximate surface area is 201 Å². The van der Waals surface area contributed by atoms with Crippen LogP contribution in [0.25, 0.3) is 0 Å². The summed E-state index contributed by atoms with van der Waals surface area (Å²) < 4.78 is 16.8. The van der Waals surface area contributed by atoms with Gasteiger partial charge in [0.25, 0.3) is 5.91 Å². The van der Waals surface area contributed by atoms with Gasteiger partial charge in [-0.15, -0.1) is 0 Å². The fourth-order valence-corrected chi connectivity index (χ4v) is 4.32. The lowest BCUT2D eigenvalue weighted by Gasteiger charge is -2.36. The molecule has 3 rings (SSSR count). The lowest BCUT2D eigenvalue weighted by Crippen LogP contribution is -2.49. The first-order chi connectivity index (χ1) is 16.2. The smallest absolute Gasteiger partial charge is 0.257 e. The van der Waals surface area contributed by atoms with Gasteiger partial charge in [-0.05, 0) is 38.0 Å². The molecule has 1 fully saturated rings. The number of ether oxygens (including phenoxy) is 3. The number of methoxy groups -OCH3 is 2. The summed E-state index contributed by atoms with van der Waals surface area (Å²) in [5, 5.41) is 2.93. The van der Waals surface area contributed by atoms with E-state index in [1.54, 1.807) is 42.2 Å². The molecule has 1 N–H and O–H groups in total. The Kier molecular flexibility index (Phi) is 8.90. The highest BCUT2D eigenvalue weighted by molar-refractivity contribution is 6.00. The van der Waals surface area contributed by atoms with E-state index in [0.717, 1.165) is 19.3 Å². The number of nitrogens with one attached hydrogen (secondary N) is 1. The Morgan fingerprint density at radius 2 is 1.91 bits per heavy atom. The van der Waals surface area contributed by atoms with Crippen molar-refractivity contribution in [3.63, 3.8) is 0 Å². The molecule has 9 heteroatoms. The van der Waals surface area contributed by atoms with Crippen molar-refractivity contribution in [1.82, 2.24) is 9.80 Å². The molecule has 3 amide bonds. The van der Waals surface area contributed by atoms with Crippen LogP contribution in [0.2, 0.25) is 0 Å². The molecular formula is C25H37N3O6. The SMILES string of the molecule is COCC(=O)N1C[C@@H](C)[C@H](OC)CN(C)C(=O)c2cc(NC(=O)C3CCC3)ccc2OC[C@@H]1C. The van der Waals surface area contributed by atoms with Gasteiger partial charge >= 0.3 is 0 Å². The molecule has 3 atom stereocenters. The molecular weight excluding hydrogens is 438 g/mol. The Balaban J connectivity index is 1.91. The van der Waals surface area contributed by atoms with E-state index in [1.807, 2.05) is 13.8 Å². The lowest BCUT2D eigenvalue weighted by molar-refractivity contribution is -0.139. The predicted molar refractivity (Wildman–Crippen MR) is 128 cm³/mol. The van der Waals surface area contributed by atoms with Crippen molar-refractivity contribution in [2.24, 2.45) is 11.8 Å². The average Bonchev–Trinajstić information content (AvgIpc) is 2.77. The molecule has 1 aromatic rings. The quantitative estimate of drug-likeness (QED) is 0.703. The van der Waals surface area contributed by atoms with E-state index in [9.17, 15) is 14.4 Å². The highest BCUT2D eigenvalue weighted by atomic mass is 16.5. The van der Waals surface area contributed by atoms with E-state index in [2.05, 4.69) is 5.32 Å². The van der Waals surface area contributed by atoms with Crippen molar-refractivity contribution in [2.45, 2.75) is 45.3 Å². The van der Waals surface area contributed by atoms with Crippen LogP contribution in [0.4, 0.5) is 5.69 Å². The van der Waals surface area contributed by atoms with Gasteiger partial charge in [-0.1, -0.05) is 13.3 Å². The lowest BCUT2D eigenvalue weighted by atomic mass is 9.85. The number of amides is 3. The zero-order chi connectivity index (χ0) is 24.8. The molecule has 0 unspecified atom stereocenters. The fourth-order valence-electron chi connectivity index (χ4n) is 4.32. The molecule has 0 radical (unpaired) electrons. The van der Waals surface area contributed by atoms with Gasteiger partial charge < -0.3 is 29.3 Å². The maximum atomic E-state index is 13.4. The minimum Gasteiger partial charge on any atom is -0.491 e. The van der Waals surface area contributed by atoms with Crippen molar-refractivity contribution in [2.75, 3.05) is 52.9 Å². The molecule has 0 saturated heterocycles. The third-order valence-corrected chi connectivity index (χ3v) is 6.78. The van der Waals surface area contributed by atoms with E-state index in [1.165, 1.54) is 7.11 Å². The number of likely N-dealkylation sites (N-methyl/N-ethyl adjacent to an activating group) is 1. The van der Waals surface area contributed by atoms with Crippen molar-refractivity contribution < 1.29 is 28.6 Å². The minimum absolute atomic E-state index is 0.0183. The molecule has 1 aliphatic heterocycles. The highest BCUT2D eigenvalue weighted by Gasteiger charge is 2.31. The summed E-state index contributed by atoms with van der Waals surface area (Å²) in [7, 11) is 4.82. The van der Waals surface area contributed by atoms with Crippen molar-refractivity contribution in [3.05, 3.63) is 23.8 Å². The van der Waals surface area contributed by atoms with E-state index in [-0.39, 0.29) is 54.9 Å². The molecule has 0 aromatic heterocycles. The summed E-state index contributed by atoms with van der Waals surface area (Å²) in [5.74, 6) is 0.0504. The van der Waals surface area contributed by atoms with Crippen LogP contribution in [0.5, 0.6) is 5.75 Å². The molecule has 9 nitrogen and oxygen atoms in total. The van der Waals surface area contributed by atoms with Crippen LogP contribution < -0.4 is 10.1 Å². The first-order valence-electron chi connectivity index (χ1n) is 11.9. The van der Waals surface area contributed by atoms with E-state index in [0.29, 0.717) is 30.1 Å². The summed E-state index contributed by atoms with van der Waals surface area (Å²) in [4.78, 5) is 41.9. The molecule has 0 bridgehead atoms. The number of carbonyl (C=O) groups excluding carboxylic acids is 3. The Morgan fingerprint density at radius 1 is 1.18 bits per heavy atom. The number of anilines is 1. The number of hydrogen-bond acceptors (Lipinski definition) is 6. The van der Waals surface area contributed by atoms with Gasteiger partial charge in [-0.3, -0.25) is 14.4 Å². The monoisotopic (exact) mass is 475 g/mol. The van der Waals surface area contributed by atoms with Crippen LogP contribution in [-0.4, -0.2) is 87.2 Å². The largest absolute Gasteiger partial charge is 0.491 e. The maximum absolute atomic E-state index is 13.4. The van der Waals surface area contributed by atoms with Gasteiger partial charge in [0.2, 0.25) is 11.8 Å². The topological polar surface area (TPSA) is 97.4 Å². The molecule has 1 aliphatic carbocycles. The second-order valence-corrected chi connectivity index (χ2v) is 9.40. The third kappa shape index (κ3) is 6.07. The van der Waals surface area contributed by atoms with Gasteiger partial charge in [-0.2, -0.15) is 0 Å². The molecule has 2 aliphatic rings. The number of rotatable bonds is 5. The van der Waals surface area contributed by atoms with Crippen molar-refractivity contribution in [3.8, 4) is 5.75 Å². The molecule has 1 saturated carbocycles. The summed E-state index contributed by atoms with van der Waals surface area (Å²) in [5.41, 5.74) is 0.925. The summed E-state index contributed by atoms with van der Waals surface area (Å²) >= 11 is 0. The fraction of sp³-hybridized carbons (Fsp3) is 0.640. The summed E-state index contributed by atoms with van der Waals surface area (Å²) in [6, 6.07) is 4.86. The zero-order valence-corrected chi connectivity index (χ0v) is 20.8. The zero-order valence-electron chi connectivity index (χ0n) is 20.8. The molecule has 0 spiro atoms. The second-order valence-electron chi connectivity index (χ2n) is 9.40. The van der Waals surface area contributed by atoms with Gasteiger partial charge in [0, 0.05) is 51.9 Å². The number of fused-ring (bicyclic) bond motifs is 1. The van der Waals surface area contributed by atoms with Gasteiger partial charge in [-0.25, -0.2) is 0 Å². The first kappa shape index (κ1) is 26.0. The Bertz CT molecular complexity index is 887. The van der Waals surface area contributed by atoms with Crippen LogP contribution in [0.15, 0.2) is 18.2 Å². The average molecular weight is 476 g/mol. The van der Waals surface area contributed by atoms with Gasteiger partial charge in [0.05, 0.1) is 17.7 Å². The normalized spacial score (nSPS) is 24.3. The number of carbonyl (C=O) groups is 3. The van der Waals surface area contributed by atoms with Crippen molar-refractivity contribution in [1.29, 1.82) is 0 Å². The number of nitrogens with zero attached hydrogens (tertiary/aromatic N) is 2. The van der Waals surface area contributed by atoms with Crippen LogP contribution in [0, 0.1) is 11.8 Å². The second kappa shape index (κ2) is 11.7. The highest BCUT2D eigenvalue weighted by Crippen LogP contribution is 2.30. The molecule has 34 heavy (non-hydrogen) atoms. The van der Waals surface area contributed by atoms with Crippen LogP contribution in [0.3, 0.4) is 0 Å². The van der Waals surface area contributed by atoms with Gasteiger partial charge in [0.1, 0.15) is 19.0 Å². The Morgan fingerprint density at radius 3 is 2.53 bits per heavy atom. The third-order valence-electron chi connectivity index (χ3n) is 6.78. The van der Waals surface area contributed by atoms with Crippen LogP contribution >= 0.6 is 0 Å². The number of benzene rings is 1. The van der Waals surface area contributed by atoms with Crippen LogP contribution in [0.1, 0.15) is 43.5 Å².